The Hall–Kier alpha value is -0.660. The van der Waals surface area contributed by atoms with Crippen molar-refractivity contribution in [2.45, 2.75) is 16.8 Å². The number of hydrogen-bond acceptors (Lipinski definition) is 5. The van der Waals surface area contributed by atoms with Crippen molar-refractivity contribution in [2.24, 2.45) is 5.92 Å². The Bertz CT molecular complexity index is 625. The Kier molecular flexibility index (Phi) is 4.74. The van der Waals surface area contributed by atoms with Gasteiger partial charge in [-0.15, -0.1) is 11.6 Å². The van der Waals surface area contributed by atoms with Gasteiger partial charge in [0.1, 0.15) is 4.90 Å². The van der Waals surface area contributed by atoms with Crippen LogP contribution in [-0.4, -0.2) is 39.7 Å². The first kappa shape index (κ1) is 15.4. The van der Waals surface area contributed by atoms with Gasteiger partial charge < -0.3 is 0 Å². The first-order valence-electron chi connectivity index (χ1n) is 5.12. The minimum absolute atomic E-state index is 0.181. The summed E-state index contributed by atoms with van der Waals surface area (Å²) < 4.78 is 47.2. The van der Waals surface area contributed by atoms with Crippen LogP contribution in [0.3, 0.4) is 0 Å². The second kappa shape index (κ2) is 5.54. The van der Waals surface area contributed by atoms with Crippen LogP contribution >= 0.6 is 11.6 Å². The second-order valence-electron chi connectivity index (χ2n) is 4.12. The highest BCUT2D eigenvalue weighted by molar-refractivity contribution is 7.94. The van der Waals surface area contributed by atoms with Gasteiger partial charge in [0, 0.05) is 18.3 Å². The van der Waals surface area contributed by atoms with Gasteiger partial charge >= 0.3 is 0 Å². The molecular formula is C10H14ClNO4S2. The minimum Gasteiger partial charge on any atom is -0.243 e. The molecule has 0 saturated carbocycles. The van der Waals surface area contributed by atoms with Crippen LogP contribution in [0.25, 0.3) is 0 Å². The maximum atomic E-state index is 12.1. The number of aromatic nitrogens is 1. The van der Waals surface area contributed by atoms with E-state index in [1.807, 2.05) is 0 Å². The Morgan fingerprint density at radius 2 is 1.94 bits per heavy atom. The zero-order chi connectivity index (χ0) is 14.0. The smallest absolute Gasteiger partial charge is 0.197 e. The Balaban J connectivity index is 3.34. The third-order valence-corrected chi connectivity index (χ3v) is 5.90. The number of hydrogen-bond donors (Lipinski definition) is 0. The largest absolute Gasteiger partial charge is 0.243 e. The number of alkyl halides is 1. The lowest BCUT2D eigenvalue weighted by Crippen LogP contribution is -2.19. The molecule has 8 heteroatoms. The van der Waals surface area contributed by atoms with E-state index >= 15 is 0 Å². The van der Waals surface area contributed by atoms with Crippen molar-refractivity contribution >= 4 is 31.3 Å². The monoisotopic (exact) mass is 311 g/mol. The molecule has 0 fully saturated rings. The molecule has 0 saturated heterocycles. The van der Waals surface area contributed by atoms with Crippen LogP contribution < -0.4 is 0 Å². The van der Waals surface area contributed by atoms with Gasteiger partial charge in [-0.05, 0) is 18.1 Å². The van der Waals surface area contributed by atoms with Gasteiger partial charge in [0.05, 0.1) is 5.75 Å². The lowest BCUT2D eigenvalue weighted by atomic mass is 10.3. The van der Waals surface area contributed by atoms with Gasteiger partial charge in [0.25, 0.3) is 0 Å². The topological polar surface area (TPSA) is 81.2 Å². The van der Waals surface area contributed by atoms with Crippen molar-refractivity contribution in [2.75, 3.05) is 17.9 Å². The van der Waals surface area contributed by atoms with Crippen LogP contribution in [0.2, 0.25) is 0 Å². The fourth-order valence-electron chi connectivity index (χ4n) is 1.39. The molecule has 0 spiro atoms. The van der Waals surface area contributed by atoms with Crippen molar-refractivity contribution in [3.8, 4) is 0 Å². The molecule has 0 aliphatic carbocycles. The SMILES string of the molecule is CC(CCl)CS(=O)(=O)c1ncccc1S(C)(=O)=O. The molecule has 1 unspecified atom stereocenters. The predicted octanol–water partition coefficient (Wildman–Crippen LogP) is 1.13. The van der Waals surface area contributed by atoms with Crippen molar-refractivity contribution < 1.29 is 16.8 Å². The molecule has 1 aromatic rings. The summed E-state index contributed by atoms with van der Waals surface area (Å²) in [6.07, 6.45) is 2.21. The van der Waals surface area contributed by atoms with Crippen LogP contribution in [0.15, 0.2) is 28.3 Å². The lowest BCUT2D eigenvalue weighted by molar-refractivity contribution is 0.570. The van der Waals surface area contributed by atoms with Gasteiger partial charge in [0.15, 0.2) is 24.7 Å². The molecule has 0 aliphatic rings. The molecule has 5 nitrogen and oxygen atoms in total. The molecule has 0 amide bonds. The van der Waals surface area contributed by atoms with E-state index in [0.29, 0.717) is 0 Å². The third kappa shape index (κ3) is 3.66. The minimum atomic E-state index is -3.76. The van der Waals surface area contributed by atoms with Gasteiger partial charge in [-0.1, -0.05) is 6.92 Å². The van der Waals surface area contributed by atoms with Gasteiger partial charge in [0.2, 0.25) is 0 Å². The first-order chi connectivity index (χ1) is 8.18. The summed E-state index contributed by atoms with van der Waals surface area (Å²) in [6.45, 7) is 1.67. The zero-order valence-electron chi connectivity index (χ0n) is 10.00. The number of pyridine rings is 1. The van der Waals surface area contributed by atoms with E-state index < -0.39 is 24.7 Å². The summed E-state index contributed by atoms with van der Waals surface area (Å²) >= 11 is 5.57. The van der Waals surface area contributed by atoms with E-state index in [9.17, 15) is 16.8 Å². The Morgan fingerprint density at radius 3 is 2.44 bits per heavy atom. The summed E-state index contributed by atoms with van der Waals surface area (Å²) in [4.78, 5) is 3.42. The summed E-state index contributed by atoms with van der Waals surface area (Å²) in [5.41, 5.74) is 0. The van der Waals surface area contributed by atoms with Gasteiger partial charge in [-0.2, -0.15) is 0 Å². The Morgan fingerprint density at radius 1 is 1.33 bits per heavy atom. The van der Waals surface area contributed by atoms with E-state index in [1.165, 1.54) is 18.3 Å². The molecule has 1 heterocycles. The highest BCUT2D eigenvalue weighted by Gasteiger charge is 2.26. The summed E-state index contributed by atoms with van der Waals surface area (Å²) in [7, 11) is -7.39. The van der Waals surface area contributed by atoms with Crippen LogP contribution in [0, 0.1) is 5.92 Å². The molecule has 0 aliphatic heterocycles. The zero-order valence-corrected chi connectivity index (χ0v) is 12.4. The average Bonchev–Trinajstić information content (AvgIpc) is 2.27. The maximum absolute atomic E-state index is 12.1. The van der Waals surface area contributed by atoms with Crippen molar-refractivity contribution in [1.82, 2.24) is 4.98 Å². The van der Waals surface area contributed by atoms with Crippen molar-refractivity contribution in [3.05, 3.63) is 18.3 Å². The lowest BCUT2D eigenvalue weighted by Gasteiger charge is -2.10. The quantitative estimate of drug-likeness (QED) is 0.762. The summed E-state index contributed by atoms with van der Waals surface area (Å²) in [5, 5.41) is -0.399. The number of nitrogens with zero attached hydrogens (tertiary/aromatic N) is 1. The molecule has 0 bridgehead atoms. The highest BCUT2D eigenvalue weighted by atomic mass is 35.5. The molecular weight excluding hydrogens is 298 g/mol. The fraction of sp³-hybridized carbons (Fsp3) is 0.500. The van der Waals surface area contributed by atoms with Crippen molar-refractivity contribution in [1.29, 1.82) is 0 Å². The van der Waals surface area contributed by atoms with Crippen LogP contribution in [0.5, 0.6) is 0 Å². The van der Waals surface area contributed by atoms with Gasteiger partial charge in [-0.25, -0.2) is 21.8 Å². The molecule has 1 aromatic heterocycles. The highest BCUT2D eigenvalue weighted by Crippen LogP contribution is 2.21. The number of rotatable bonds is 5. The maximum Gasteiger partial charge on any atom is 0.197 e. The van der Waals surface area contributed by atoms with E-state index in [1.54, 1.807) is 6.92 Å². The molecule has 1 atom stereocenters. The summed E-state index contributed by atoms with van der Waals surface area (Å²) in [6, 6.07) is 2.63. The first-order valence-corrected chi connectivity index (χ1v) is 9.20. The van der Waals surface area contributed by atoms with Gasteiger partial charge in [-0.3, -0.25) is 0 Å². The van der Waals surface area contributed by atoms with Crippen LogP contribution in [-0.2, 0) is 19.7 Å². The third-order valence-electron chi connectivity index (χ3n) is 2.20. The molecule has 1 rings (SSSR count). The second-order valence-corrected chi connectivity index (χ2v) is 8.36. The number of sulfone groups is 2. The van der Waals surface area contributed by atoms with E-state index in [-0.39, 0.29) is 22.4 Å². The number of halogens is 1. The van der Waals surface area contributed by atoms with E-state index in [2.05, 4.69) is 4.98 Å². The summed E-state index contributed by atoms with van der Waals surface area (Å²) in [5.74, 6) is -0.317. The standard InChI is InChI=1S/C10H14ClNO4S2/c1-8(6-11)7-18(15,16)10-9(17(2,13)14)4-3-5-12-10/h3-5,8H,6-7H2,1-2H3. The van der Waals surface area contributed by atoms with Crippen LogP contribution in [0.1, 0.15) is 6.92 Å². The molecule has 18 heavy (non-hydrogen) atoms. The fourth-order valence-corrected chi connectivity index (χ4v) is 4.78. The van der Waals surface area contributed by atoms with Crippen molar-refractivity contribution in [3.63, 3.8) is 0 Å². The molecule has 0 N–H and O–H groups in total. The molecule has 0 radical (unpaired) electrons. The Labute approximate surface area is 112 Å². The molecule has 102 valence electrons. The van der Waals surface area contributed by atoms with E-state index in [4.69, 9.17) is 11.6 Å². The average molecular weight is 312 g/mol. The van der Waals surface area contributed by atoms with Crippen LogP contribution in [0.4, 0.5) is 0 Å². The molecule has 0 aromatic carbocycles. The normalized spacial score (nSPS) is 14.4. The predicted molar refractivity (Wildman–Crippen MR) is 69.3 cm³/mol. The van der Waals surface area contributed by atoms with E-state index in [0.717, 1.165) is 6.26 Å².